The average Bonchev–Trinajstić information content (AvgIpc) is 2.83. The van der Waals surface area contributed by atoms with E-state index in [2.05, 4.69) is 29.0 Å². The summed E-state index contributed by atoms with van der Waals surface area (Å²) in [5, 5.41) is 15.6. The summed E-state index contributed by atoms with van der Waals surface area (Å²) < 4.78 is 30.8. The van der Waals surface area contributed by atoms with Gasteiger partial charge in [0.2, 0.25) is 0 Å². The monoisotopic (exact) mass is 482 g/mol. The van der Waals surface area contributed by atoms with Crippen LogP contribution in [0.4, 0.5) is 0 Å². The first-order valence-electron chi connectivity index (χ1n) is 12.2. The molecule has 0 heterocycles. The average molecular weight is 483 g/mol. The van der Waals surface area contributed by atoms with Crippen LogP contribution in [0.5, 0.6) is 5.75 Å². The van der Waals surface area contributed by atoms with Crippen LogP contribution in [0.25, 0.3) is 0 Å². The van der Waals surface area contributed by atoms with E-state index in [4.69, 9.17) is 4.74 Å². The molecule has 3 aliphatic rings. The quantitative estimate of drug-likeness (QED) is 0.626. The Hall–Kier alpha value is -2.38. The number of benzene rings is 2. The van der Waals surface area contributed by atoms with Crippen molar-refractivity contribution in [2.45, 2.75) is 69.3 Å². The molecule has 2 saturated carbocycles. The van der Waals surface area contributed by atoms with Gasteiger partial charge in [-0.1, -0.05) is 30.7 Å². The predicted octanol–water partition coefficient (Wildman–Crippen LogP) is 4.56. The summed E-state index contributed by atoms with van der Waals surface area (Å²) in [6, 6.07) is 13.1. The lowest BCUT2D eigenvalue weighted by atomic mass is 9.48. The summed E-state index contributed by atoms with van der Waals surface area (Å²) in [5.74, 6) is 1.84. The van der Waals surface area contributed by atoms with Crippen LogP contribution in [-0.2, 0) is 16.4 Å². The molecule has 0 aromatic heterocycles. The van der Waals surface area contributed by atoms with Gasteiger partial charge in [0, 0.05) is 5.71 Å². The number of aryl methyl sites for hydroxylation is 2. The number of nitrogens with zero attached hydrogens (tertiary/aromatic N) is 1. The highest BCUT2D eigenvalue weighted by atomic mass is 32.2. The van der Waals surface area contributed by atoms with Gasteiger partial charge < -0.3 is 9.84 Å². The fourth-order valence-corrected chi connectivity index (χ4v) is 7.59. The number of hydrazone groups is 1. The van der Waals surface area contributed by atoms with Crippen molar-refractivity contribution in [3.63, 3.8) is 0 Å². The summed E-state index contributed by atoms with van der Waals surface area (Å²) in [6.45, 7) is 4.25. The third-order valence-electron chi connectivity index (χ3n) is 8.68. The van der Waals surface area contributed by atoms with Gasteiger partial charge in [0.1, 0.15) is 5.75 Å². The minimum atomic E-state index is -3.70. The summed E-state index contributed by atoms with van der Waals surface area (Å²) in [7, 11) is -2.00. The summed E-state index contributed by atoms with van der Waals surface area (Å²) in [6.07, 6.45) is 4.74. The zero-order valence-electron chi connectivity index (χ0n) is 20.1. The Morgan fingerprint density at radius 1 is 1.12 bits per heavy atom. The molecule has 0 radical (unpaired) electrons. The minimum absolute atomic E-state index is 0.00873. The van der Waals surface area contributed by atoms with Crippen LogP contribution >= 0.6 is 0 Å². The molecule has 2 N–H and O–H groups in total. The minimum Gasteiger partial charge on any atom is -0.497 e. The van der Waals surface area contributed by atoms with Crippen molar-refractivity contribution in [1.29, 1.82) is 0 Å². The van der Waals surface area contributed by atoms with Gasteiger partial charge in [0.05, 0.1) is 18.1 Å². The molecule has 6 nitrogen and oxygen atoms in total. The second-order valence-electron chi connectivity index (χ2n) is 10.5. The molecular weight excluding hydrogens is 448 g/mol. The van der Waals surface area contributed by atoms with Gasteiger partial charge >= 0.3 is 0 Å². The van der Waals surface area contributed by atoms with Crippen LogP contribution in [0.2, 0.25) is 0 Å². The maximum Gasteiger partial charge on any atom is 0.276 e. The van der Waals surface area contributed by atoms with Crippen molar-refractivity contribution >= 4 is 15.7 Å². The highest BCUT2D eigenvalue weighted by molar-refractivity contribution is 7.89. The van der Waals surface area contributed by atoms with E-state index in [1.165, 1.54) is 11.1 Å². The van der Waals surface area contributed by atoms with E-state index >= 15 is 0 Å². The van der Waals surface area contributed by atoms with E-state index in [0.717, 1.165) is 49.1 Å². The Balaban J connectivity index is 1.35. The highest BCUT2D eigenvalue weighted by Crippen LogP contribution is 2.60. The molecule has 0 spiro atoms. The fraction of sp³-hybridized carbons (Fsp3) is 0.519. The fourth-order valence-electron chi connectivity index (χ4n) is 6.74. The third kappa shape index (κ3) is 4.03. The Morgan fingerprint density at radius 2 is 1.88 bits per heavy atom. The second-order valence-corrected chi connectivity index (χ2v) is 12.2. The van der Waals surface area contributed by atoms with E-state index in [1.807, 2.05) is 13.0 Å². The van der Waals surface area contributed by atoms with Crippen molar-refractivity contribution < 1.29 is 18.3 Å². The maximum absolute atomic E-state index is 12.7. The van der Waals surface area contributed by atoms with Gasteiger partial charge in [0.15, 0.2) is 0 Å². The zero-order chi connectivity index (χ0) is 24.1. The van der Waals surface area contributed by atoms with E-state index in [1.54, 1.807) is 31.4 Å². The first kappa shape index (κ1) is 23.4. The molecule has 0 unspecified atom stereocenters. The first-order valence-corrected chi connectivity index (χ1v) is 13.7. The van der Waals surface area contributed by atoms with Gasteiger partial charge in [-0.05, 0) is 104 Å². The number of fused-ring (bicyclic) bond motifs is 5. The van der Waals surface area contributed by atoms with Crippen LogP contribution in [0.3, 0.4) is 0 Å². The third-order valence-corrected chi connectivity index (χ3v) is 9.90. The Labute approximate surface area is 202 Å². The molecule has 2 aromatic carbocycles. The Kier molecular flexibility index (Phi) is 5.97. The van der Waals surface area contributed by atoms with Gasteiger partial charge in [-0.15, -0.1) is 0 Å². The molecule has 0 bridgehead atoms. The summed E-state index contributed by atoms with van der Waals surface area (Å²) in [5.41, 5.74) is 4.55. The molecule has 0 saturated heterocycles. The van der Waals surface area contributed by atoms with Crippen molar-refractivity contribution in [2.24, 2.45) is 22.4 Å². The molecule has 3 aliphatic carbocycles. The number of nitrogens with one attached hydrogen (secondary N) is 1. The molecule has 34 heavy (non-hydrogen) atoms. The maximum atomic E-state index is 12.7. The van der Waals surface area contributed by atoms with Crippen LogP contribution < -0.4 is 9.57 Å². The summed E-state index contributed by atoms with van der Waals surface area (Å²) >= 11 is 0. The Bertz CT molecular complexity index is 1210. The molecular formula is C27H34N2O4S. The molecule has 7 heteroatoms. The predicted molar refractivity (Wildman–Crippen MR) is 133 cm³/mol. The normalized spacial score (nSPS) is 31.8. The lowest BCUT2D eigenvalue weighted by Gasteiger charge is -2.57. The highest BCUT2D eigenvalue weighted by Gasteiger charge is 2.54. The van der Waals surface area contributed by atoms with E-state index in [9.17, 15) is 13.5 Å². The topological polar surface area (TPSA) is 88.0 Å². The number of hydrogen-bond donors (Lipinski definition) is 2. The van der Waals surface area contributed by atoms with Crippen molar-refractivity contribution in [3.05, 3.63) is 59.2 Å². The molecule has 0 amide bonds. The number of rotatable bonds is 4. The van der Waals surface area contributed by atoms with Gasteiger partial charge in [0.25, 0.3) is 10.0 Å². The van der Waals surface area contributed by atoms with Crippen LogP contribution in [0.15, 0.2) is 52.5 Å². The number of sulfonamides is 1. The van der Waals surface area contributed by atoms with Crippen molar-refractivity contribution in [3.8, 4) is 5.75 Å². The number of methoxy groups -OCH3 is 1. The molecule has 2 fully saturated rings. The number of aliphatic hydroxyl groups excluding tert-OH is 1. The van der Waals surface area contributed by atoms with E-state index in [-0.39, 0.29) is 16.2 Å². The SMILES string of the molecule is COc1ccc2c(c1)CC[C@H]1[C@H]2C[C@@H](O)[C@H]2C/C(=N/NS(=O)(=O)c3ccc(C)cc3)CC[C@@]21C. The van der Waals surface area contributed by atoms with Crippen LogP contribution in [-0.4, -0.2) is 32.4 Å². The second kappa shape index (κ2) is 8.68. The smallest absolute Gasteiger partial charge is 0.276 e. The lowest BCUT2D eigenvalue weighted by molar-refractivity contribution is -0.0809. The molecule has 182 valence electrons. The van der Waals surface area contributed by atoms with Gasteiger partial charge in [-0.3, -0.25) is 0 Å². The zero-order valence-corrected chi connectivity index (χ0v) is 20.9. The van der Waals surface area contributed by atoms with E-state index in [0.29, 0.717) is 18.3 Å². The molecule has 2 aromatic rings. The van der Waals surface area contributed by atoms with Gasteiger partial charge in [-0.2, -0.15) is 13.5 Å². The van der Waals surface area contributed by atoms with Crippen molar-refractivity contribution in [1.82, 2.24) is 4.83 Å². The Morgan fingerprint density at radius 3 is 2.62 bits per heavy atom. The number of ether oxygens (including phenoxy) is 1. The molecule has 5 rings (SSSR count). The van der Waals surface area contributed by atoms with Crippen LogP contribution in [0, 0.1) is 24.2 Å². The number of aliphatic hydroxyl groups is 1. The standard InChI is InChI=1S/C27H34N2O4S/c1-17-4-8-21(9-5-17)34(31,32)29-28-19-12-13-27(2)24-11-6-18-14-20(33-3)7-10-22(18)23(24)16-26(30)25(27)15-19/h4-5,7-10,14,23-26,29-30H,6,11-13,15-16H2,1-3H3/b28-19+/t23-,24-,25+,26+,27+/m0/s1. The number of hydrogen-bond acceptors (Lipinski definition) is 5. The van der Waals surface area contributed by atoms with Crippen molar-refractivity contribution in [2.75, 3.05) is 7.11 Å². The largest absolute Gasteiger partial charge is 0.497 e. The van der Waals surface area contributed by atoms with E-state index < -0.39 is 16.1 Å². The summed E-state index contributed by atoms with van der Waals surface area (Å²) in [4.78, 5) is 2.64. The molecule has 5 atom stereocenters. The first-order chi connectivity index (χ1) is 16.2. The van der Waals surface area contributed by atoms with Crippen LogP contribution in [0.1, 0.15) is 61.6 Å². The lowest BCUT2D eigenvalue weighted by Crippen LogP contribution is -2.53. The van der Waals surface area contributed by atoms with Gasteiger partial charge in [-0.25, -0.2) is 4.83 Å². The molecule has 0 aliphatic heterocycles.